The third kappa shape index (κ3) is 4.85. The highest BCUT2D eigenvalue weighted by atomic mass is 19.4. The van der Waals surface area contributed by atoms with Crippen LogP contribution in [-0.2, 0) is 28.5 Å². The predicted molar refractivity (Wildman–Crippen MR) is 103 cm³/mol. The van der Waals surface area contributed by atoms with Gasteiger partial charge in [0.25, 0.3) is 0 Å². The number of ether oxygens (including phenoxy) is 1. The second-order valence-electron chi connectivity index (χ2n) is 7.83. The topological polar surface area (TPSA) is 139 Å². The van der Waals surface area contributed by atoms with E-state index in [0.717, 1.165) is 11.4 Å². The highest BCUT2D eigenvalue weighted by Gasteiger charge is 2.45. The molecule has 5 N–H and O–H groups in total. The molecule has 16 heteroatoms. The Morgan fingerprint density at radius 2 is 1.66 bits per heavy atom. The van der Waals surface area contributed by atoms with Gasteiger partial charge in [-0.3, -0.25) is 9.40 Å². The van der Waals surface area contributed by atoms with Crippen molar-refractivity contribution in [3.05, 3.63) is 46.9 Å². The van der Waals surface area contributed by atoms with Crippen molar-refractivity contribution in [3.8, 4) is 0 Å². The first-order chi connectivity index (χ1) is 16.3. The minimum Gasteiger partial charge on any atom is -0.394 e. The van der Waals surface area contributed by atoms with Crippen LogP contribution in [0.3, 0.4) is 0 Å². The van der Waals surface area contributed by atoms with Crippen molar-refractivity contribution in [1.29, 1.82) is 0 Å². The second-order valence-corrected chi connectivity index (χ2v) is 7.83. The van der Waals surface area contributed by atoms with Crippen molar-refractivity contribution in [2.75, 3.05) is 6.61 Å². The van der Waals surface area contributed by atoms with Crippen LogP contribution in [0.25, 0.3) is 0 Å². The van der Waals surface area contributed by atoms with Crippen LogP contribution in [0.1, 0.15) is 34.8 Å². The molecule has 1 saturated heterocycles. The van der Waals surface area contributed by atoms with Crippen LogP contribution >= 0.6 is 0 Å². The molecule has 1 fully saturated rings. The molecule has 0 radical (unpaired) electrons. The molecular formula is C19H19F6N5O5. The first-order valence-corrected chi connectivity index (χ1v) is 10.00. The average Bonchev–Trinajstić information content (AvgIpc) is 3.33. The molecule has 3 heterocycles. The summed E-state index contributed by atoms with van der Waals surface area (Å²) >= 11 is 0. The summed E-state index contributed by atoms with van der Waals surface area (Å²) in [5.74, 6) is 0.102. The molecule has 0 aliphatic carbocycles. The normalized spacial score (nSPS) is 26.9. The molecule has 3 unspecified atom stereocenters. The largest absolute Gasteiger partial charge is 0.416 e. The number of fused-ring (bicyclic) bond motifs is 1. The minimum absolute atomic E-state index is 0.00824. The smallest absolute Gasteiger partial charge is 0.394 e. The van der Waals surface area contributed by atoms with E-state index in [1.807, 2.05) is 0 Å². The van der Waals surface area contributed by atoms with Crippen LogP contribution in [0.5, 0.6) is 0 Å². The van der Waals surface area contributed by atoms with Crippen molar-refractivity contribution in [2.45, 2.75) is 49.7 Å². The number of benzene rings is 1. The highest BCUT2D eigenvalue weighted by Crippen LogP contribution is 2.38. The molecule has 0 saturated carbocycles. The van der Waals surface area contributed by atoms with Crippen molar-refractivity contribution >= 4 is 12.2 Å². The van der Waals surface area contributed by atoms with E-state index >= 15 is 0 Å². The number of aliphatic hydroxyl groups excluding tert-OH is 3. The maximum absolute atomic E-state index is 13.1. The summed E-state index contributed by atoms with van der Waals surface area (Å²) < 4.78 is 85.0. The molecule has 0 amide bonds. The first kappa shape index (κ1) is 25.3. The maximum Gasteiger partial charge on any atom is 0.416 e. The van der Waals surface area contributed by atoms with E-state index in [-0.39, 0.29) is 17.6 Å². The van der Waals surface area contributed by atoms with Crippen molar-refractivity contribution < 1.29 is 51.2 Å². The number of imidazole rings is 1. The van der Waals surface area contributed by atoms with Gasteiger partial charge in [-0.15, -0.1) is 0 Å². The molecule has 2 aromatic rings. The van der Waals surface area contributed by atoms with E-state index in [4.69, 9.17) is 15.3 Å². The Kier molecular flexibility index (Phi) is 6.54. The summed E-state index contributed by atoms with van der Waals surface area (Å²) in [6, 6.07) is 1.07. The quantitative estimate of drug-likeness (QED) is 0.444. The Bertz CT molecular complexity index is 1070. The average molecular weight is 511 g/mol. The summed E-state index contributed by atoms with van der Waals surface area (Å²) in [6.45, 7) is -1.25. The molecule has 2 aliphatic heterocycles. The lowest BCUT2D eigenvalue weighted by Crippen LogP contribution is -2.36. The Morgan fingerprint density at radius 3 is 2.20 bits per heavy atom. The molecule has 1 aromatic carbocycles. The molecule has 10 nitrogen and oxygen atoms in total. The fourth-order valence-electron chi connectivity index (χ4n) is 3.68. The van der Waals surface area contributed by atoms with Gasteiger partial charge in [0.15, 0.2) is 18.2 Å². The van der Waals surface area contributed by atoms with Crippen LogP contribution in [0.4, 0.5) is 32.2 Å². The van der Waals surface area contributed by atoms with E-state index in [2.05, 4.69) is 9.98 Å². The number of nitrogens with zero attached hydrogens (tertiary/aromatic N) is 4. The molecule has 0 bridgehead atoms. The second kappa shape index (κ2) is 9.03. The SMILES string of the molecule is NC1c2ncn([C@@H]3O[C@H](CO)C(O)C3O)c2N=CN1OCc1cc(C(F)(F)F)cc(C(F)(F)F)c1. The van der Waals surface area contributed by atoms with Gasteiger partial charge in [0.1, 0.15) is 37.0 Å². The number of aliphatic hydroxyl groups is 3. The number of hydrogen-bond acceptors (Lipinski definition) is 9. The first-order valence-electron chi connectivity index (χ1n) is 10.00. The Hall–Kier alpha value is -2.76. The van der Waals surface area contributed by atoms with Gasteiger partial charge < -0.3 is 25.8 Å². The lowest BCUT2D eigenvalue weighted by molar-refractivity contribution is -0.145. The standard InChI is InChI=1S/C19H19F6N5O5/c20-18(21,22)9-1-8(2-10(3-9)19(23,24)25)5-34-30-7-28-16-12(15(30)26)27-6-29(16)17-14(33)13(32)11(4-31)35-17/h1-3,6-7,11,13-15,17,31-33H,4-5,26H2/t11-,13?,14?,15?,17-/m1/s1. The van der Waals surface area contributed by atoms with Gasteiger partial charge in [0.2, 0.25) is 0 Å². The molecule has 192 valence electrons. The minimum atomic E-state index is -5.00. The van der Waals surface area contributed by atoms with Crippen LogP contribution in [0.2, 0.25) is 0 Å². The Balaban J connectivity index is 1.52. The molecule has 4 rings (SSSR count). The Labute approximate surface area is 192 Å². The lowest BCUT2D eigenvalue weighted by Gasteiger charge is -2.28. The number of halogens is 6. The lowest BCUT2D eigenvalue weighted by atomic mass is 10.1. The van der Waals surface area contributed by atoms with Crippen LogP contribution in [0, 0.1) is 0 Å². The third-order valence-corrected chi connectivity index (χ3v) is 5.46. The Morgan fingerprint density at radius 1 is 1.03 bits per heavy atom. The van der Waals surface area contributed by atoms with E-state index < -0.39 is 73.0 Å². The summed E-state index contributed by atoms with van der Waals surface area (Å²) in [4.78, 5) is 13.4. The maximum atomic E-state index is 13.1. The van der Waals surface area contributed by atoms with Crippen LogP contribution in [0.15, 0.2) is 29.5 Å². The third-order valence-electron chi connectivity index (χ3n) is 5.46. The summed E-state index contributed by atoms with van der Waals surface area (Å²) in [7, 11) is 0. The van der Waals surface area contributed by atoms with Gasteiger partial charge in [0.05, 0.1) is 24.1 Å². The van der Waals surface area contributed by atoms with Gasteiger partial charge in [-0.1, -0.05) is 0 Å². The zero-order valence-corrected chi connectivity index (χ0v) is 17.5. The van der Waals surface area contributed by atoms with Crippen LogP contribution < -0.4 is 5.73 Å². The number of alkyl halides is 6. The zero-order valence-electron chi connectivity index (χ0n) is 17.5. The zero-order chi connectivity index (χ0) is 25.7. The van der Waals surface area contributed by atoms with Gasteiger partial charge in [-0.25, -0.2) is 15.0 Å². The van der Waals surface area contributed by atoms with E-state index in [1.54, 1.807) is 0 Å². The molecule has 5 atom stereocenters. The number of aromatic nitrogens is 2. The number of hydrogen-bond donors (Lipinski definition) is 4. The van der Waals surface area contributed by atoms with E-state index in [0.29, 0.717) is 12.1 Å². The van der Waals surface area contributed by atoms with Crippen molar-refractivity contribution in [1.82, 2.24) is 14.6 Å². The highest BCUT2D eigenvalue weighted by molar-refractivity contribution is 5.64. The summed E-state index contributed by atoms with van der Waals surface area (Å²) in [6.07, 6.45) is -13.9. The van der Waals surface area contributed by atoms with E-state index in [9.17, 15) is 41.7 Å². The predicted octanol–water partition coefficient (Wildman–Crippen LogP) is 1.60. The number of hydroxylamine groups is 2. The molecule has 2 aliphatic rings. The van der Waals surface area contributed by atoms with Crippen LogP contribution in [-0.4, -0.2) is 61.2 Å². The number of nitrogens with two attached hydrogens (primary N) is 1. The summed E-state index contributed by atoms with van der Waals surface area (Å²) in [5.41, 5.74) is 2.77. The van der Waals surface area contributed by atoms with Gasteiger partial charge in [-0.05, 0) is 23.8 Å². The molecular weight excluding hydrogens is 492 g/mol. The van der Waals surface area contributed by atoms with Crippen molar-refractivity contribution in [3.63, 3.8) is 0 Å². The number of aliphatic imine (C=N–C) groups is 1. The van der Waals surface area contributed by atoms with Gasteiger partial charge in [0, 0.05) is 0 Å². The molecule has 35 heavy (non-hydrogen) atoms. The van der Waals surface area contributed by atoms with E-state index in [1.165, 1.54) is 10.9 Å². The van der Waals surface area contributed by atoms with Crippen molar-refractivity contribution in [2.24, 2.45) is 10.7 Å². The monoisotopic (exact) mass is 511 g/mol. The van der Waals surface area contributed by atoms with Gasteiger partial charge in [-0.2, -0.15) is 26.3 Å². The fourth-order valence-corrected chi connectivity index (χ4v) is 3.68. The summed E-state index contributed by atoms with van der Waals surface area (Å²) in [5, 5.41) is 30.3. The number of rotatable bonds is 5. The van der Waals surface area contributed by atoms with Gasteiger partial charge >= 0.3 is 12.4 Å². The fraction of sp³-hybridized carbons (Fsp3) is 0.474. The molecule has 0 spiro atoms. The molecule has 1 aromatic heterocycles.